The van der Waals surface area contributed by atoms with Crippen molar-refractivity contribution in [3.63, 3.8) is 0 Å². The van der Waals surface area contributed by atoms with Crippen molar-refractivity contribution in [1.29, 1.82) is 0 Å². The van der Waals surface area contributed by atoms with E-state index in [-0.39, 0.29) is 5.69 Å². The predicted molar refractivity (Wildman–Crippen MR) is 78.3 cm³/mol. The zero-order valence-electron chi connectivity index (χ0n) is 12.1. The molecular weight excluding hydrogens is 307 g/mol. The maximum Gasteiger partial charge on any atom is 0.433 e. The number of halogens is 3. The molecule has 1 saturated carbocycles. The highest BCUT2D eigenvalue weighted by molar-refractivity contribution is 5.79. The normalized spacial score (nSPS) is 14.6. The highest BCUT2D eigenvalue weighted by Crippen LogP contribution is 2.32. The van der Waals surface area contributed by atoms with Crippen molar-refractivity contribution in [3.8, 4) is 17.0 Å². The minimum Gasteiger partial charge on any atom is -0.493 e. The SMILES string of the molecule is O=Cc1cc(OCC2CC2)cc(-c2cccc(C(F)(F)F)n2)c1. The number of nitrogens with zero attached hydrogens (tertiary/aromatic N) is 1. The minimum absolute atomic E-state index is 0.153. The Hall–Kier alpha value is -2.37. The molecule has 1 aliphatic carbocycles. The number of alkyl halides is 3. The monoisotopic (exact) mass is 321 g/mol. The molecule has 1 heterocycles. The average molecular weight is 321 g/mol. The van der Waals surface area contributed by atoms with Gasteiger partial charge < -0.3 is 4.74 Å². The quantitative estimate of drug-likeness (QED) is 0.768. The number of carbonyl (C=O) groups is 1. The Morgan fingerprint density at radius 1 is 1.22 bits per heavy atom. The number of hydrogen-bond donors (Lipinski definition) is 0. The van der Waals surface area contributed by atoms with Crippen LogP contribution in [0.15, 0.2) is 36.4 Å². The summed E-state index contributed by atoms with van der Waals surface area (Å²) in [6.07, 6.45) is -1.63. The molecule has 2 aromatic rings. The van der Waals surface area contributed by atoms with Crippen LogP contribution in [0.5, 0.6) is 5.75 Å². The molecule has 0 N–H and O–H groups in total. The summed E-state index contributed by atoms with van der Waals surface area (Å²) < 4.78 is 44.0. The van der Waals surface area contributed by atoms with E-state index >= 15 is 0 Å². The van der Waals surface area contributed by atoms with Crippen LogP contribution in [0.1, 0.15) is 28.9 Å². The number of aldehydes is 1. The summed E-state index contributed by atoms with van der Waals surface area (Å²) in [5.41, 5.74) is -0.0502. The van der Waals surface area contributed by atoms with Crippen LogP contribution in [0.4, 0.5) is 13.2 Å². The number of carbonyl (C=O) groups excluding carboxylic acids is 1. The molecule has 3 nitrogen and oxygen atoms in total. The lowest BCUT2D eigenvalue weighted by Gasteiger charge is -2.11. The molecule has 6 heteroatoms. The van der Waals surface area contributed by atoms with Crippen LogP contribution in [-0.2, 0) is 6.18 Å². The van der Waals surface area contributed by atoms with Crippen molar-refractivity contribution in [2.24, 2.45) is 5.92 Å². The maximum atomic E-state index is 12.8. The predicted octanol–water partition coefficient (Wildman–Crippen LogP) is 4.37. The molecule has 23 heavy (non-hydrogen) atoms. The zero-order valence-corrected chi connectivity index (χ0v) is 12.1. The van der Waals surface area contributed by atoms with Crippen molar-refractivity contribution < 1.29 is 22.7 Å². The summed E-state index contributed by atoms with van der Waals surface area (Å²) in [6, 6.07) is 8.37. The van der Waals surface area contributed by atoms with Crippen LogP contribution >= 0.6 is 0 Å². The summed E-state index contributed by atoms with van der Waals surface area (Å²) in [6.45, 7) is 0.553. The number of hydrogen-bond acceptors (Lipinski definition) is 3. The van der Waals surface area contributed by atoms with Crippen LogP contribution in [0.25, 0.3) is 11.3 Å². The van der Waals surface area contributed by atoms with Gasteiger partial charge in [0.2, 0.25) is 0 Å². The largest absolute Gasteiger partial charge is 0.493 e. The first kappa shape index (κ1) is 15.5. The second-order valence-corrected chi connectivity index (χ2v) is 5.57. The van der Waals surface area contributed by atoms with E-state index in [2.05, 4.69) is 4.98 Å². The van der Waals surface area contributed by atoms with Crippen molar-refractivity contribution in [3.05, 3.63) is 47.7 Å². The Kier molecular flexibility index (Phi) is 4.07. The van der Waals surface area contributed by atoms with E-state index in [1.807, 2.05) is 0 Å². The van der Waals surface area contributed by atoms with E-state index in [1.54, 1.807) is 12.1 Å². The van der Waals surface area contributed by atoms with Crippen LogP contribution < -0.4 is 4.74 Å². The van der Waals surface area contributed by atoms with Gasteiger partial charge in [-0.2, -0.15) is 13.2 Å². The molecule has 0 bridgehead atoms. The Morgan fingerprint density at radius 2 is 2.00 bits per heavy atom. The standard InChI is InChI=1S/C17H14F3NO2/c18-17(19,20)16-3-1-2-15(21-16)13-6-12(9-22)7-14(8-13)23-10-11-4-5-11/h1-3,6-9,11H,4-5,10H2. The average Bonchev–Trinajstić information content (AvgIpc) is 3.36. The molecule has 0 radical (unpaired) electrons. The topological polar surface area (TPSA) is 39.2 Å². The maximum absolute atomic E-state index is 12.8. The van der Waals surface area contributed by atoms with Gasteiger partial charge in [-0.25, -0.2) is 4.98 Å². The fourth-order valence-electron chi connectivity index (χ4n) is 2.17. The zero-order chi connectivity index (χ0) is 16.4. The molecule has 1 aromatic heterocycles. The van der Waals surface area contributed by atoms with Gasteiger partial charge in [-0.05, 0) is 49.1 Å². The molecule has 0 aliphatic heterocycles. The molecule has 0 unspecified atom stereocenters. The lowest BCUT2D eigenvalue weighted by atomic mass is 10.1. The van der Waals surface area contributed by atoms with E-state index in [9.17, 15) is 18.0 Å². The second-order valence-electron chi connectivity index (χ2n) is 5.57. The van der Waals surface area contributed by atoms with Gasteiger partial charge in [-0.15, -0.1) is 0 Å². The van der Waals surface area contributed by atoms with Gasteiger partial charge in [-0.3, -0.25) is 4.79 Å². The van der Waals surface area contributed by atoms with E-state index < -0.39 is 11.9 Å². The molecule has 0 atom stereocenters. The first-order valence-corrected chi connectivity index (χ1v) is 7.23. The van der Waals surface area contributed by atoms with E-state index in [4.69, 9.17) is 4.74 Å². The second kappa shape index (κ2) is 6.02. The number of ether oxygens (including phenoxy) is 1. The number of aromatic nitrogens is 1. The Labute approximate surface area is 131 Å². The Balaban J connectivity index is 1.94. The van der Waals surface area contributed by atoms with Crippen LogP contribution in [-0.4, -0.2) is 17.9 Å². The molecule has 120 valence electrons. The lowest BCUT2D eigenvalue weighted by Crippen LogP contribution is -2.08. The minimum atomic E-state index is -4.51. The van der Waals surface area contributed by atoms with Gasteiger partial charge >= 0.3 is 6.18 Å². The van der Waals surface area contributed by atoms with Gasteiger partial charge in [0, 0.05) is 11.1 Å². The Morgan fingerprint density at radius 3 is 2.65 bits per heavy atom. The highest BCUT2D eigenvalue weighted by atomic mass is 19.4. The number of rotatable bonds is 5. The third kappa shape index (κ3) is 3.88. The summed E-state index contributed by atoms with van der Waals surface area (Å²) >= 11 is 0. The van der Waals surface area contributed by atoms with Crippen molar-refractivity contribution in [2.45, 2.75) is 19.0 Å². The summed E-state index contributed by atoms with van der Waals surface area (Å²) in [4.78, 5) is 14.7. The van der Waals surface area contributed by atoms with E-state index in [1.165, 1.54) is 18.2 Å². The number of pyridine rings is 1. The molecule has 0 spiro atoms. The van der Waals surface area contributed by atoms with Gasteiger partial charge in [0.25, 0.3) is 0 Å². The summed E-state index contributed by atoms with van der Waals surface area (Å²) in [7, 11) is 0. The summed E-state index contributed by atoms with van der Waals surface area (Å²) in [5, 5.41) is 0. The fraction of sp³-hybridized carbons (Fsp3) is 0.294. The Bertz CT molecular complexity index is 724. The molecule has 1 aliphatic rings. The van der Waals surface area contributed by atoms with Gasteiger partial charge in [-0.1, -0.05) is 6.07 Å². The van der Waals surface area contributed by atoms with E-state index in [0.29, 0.717) is 35.7 Å². The smallest absolute Gasteiger partial charge is 0.433 e. The molecule has 1 aromatic carbocycles. The first-order valence-electron chi connectivity index (χ1n) is 7.23. The van der Waals surface area contributed by atoms with Crippen molar-refractivity contribution >= 4 is 6.29 Å². The molecular formula is C17H14F3NO2. The summed E-state index contributed by atoms with van der Waals surface area (Å²) in [5.74, 6) is 1.00. The van der Waals surface area contributed by atoms with Crippen LogP contribution in [0.3, 0.4) is 0 Å². The fourth-order valence-corrected chi connectivity index (χ4v) is 2.17. The van der Waals surface area contributed by atoms with Gasteiger partial charge in [0.1, 0.15) is 17.7 Å². The van der Waals surface area contributed by atoms with Crippen molar-refractivity contribution in [1.82, 2.24) is 4.98 Å². The third-order valence-electron chi connectivity index (χ3n) is 3.58. The third-order valence-corrected chi connectivity index (χ3v) is 3.58. The van der Waals surface area contributed by atoms with E-state index in [0.717, 1.165) is 18.9 Å². The van der Waals surface area contributed by atoms with Gasteiger partial charge in [0.15, 0.2) is 0 Å². The molecule has 0 saturated heterocycles. The number of benzene rings is 1. The van der Waals surface area contributed by atoms with Crippen LogP contribution in [0, 0.1) is 5.92 Å². The molecule has 1 fully saturated rings. The van der Waals surface area contributed by atoms with Gasteiger partial charge in [0.05, 0.1) is 12.3 Å². The highest BCUT2D eigenvalue weighted by Gasteiger charge is 2.32. The van der Waals surface area contributed by atoms with Crippen molar-refractivity contribution in [2.75, 3.05) is 6.61 Å². The molecule has 3 rings (SSSR count). The molecule has 0 amide bonds. The lowest BCUT2D eigenvalue weighted by molar-refractivity contribution is -0.141. The first-order chi connectivity index (χ1) is 11.0. The van der Waals surface area contributed by atoms with Crippen LogP contribution in [0.2, 0.25) is 0 Å².